The van der Waals surface area contributed by atoms with Gasteiger partial charge in [0.05, 0.1) is 5.41 Å². The summed E-state index contributed by atoms with van der Waals surface area (Å²) in [5.41, 5.74) is -0.351. The van der Waals surface area contributed by atoms with E-state index in [4.69, 9.17) is 4.74 Å². The first kappa shape index (κ1) is 11.4. The zero-order valence-electron chi connectivity index (χ0n) is 8.68. The van der Waals surface area contributed by atoms with Crippen LogP contribution in [0.5, 0.6) is 0 Å². The standard InChI is InChI=1S/C9H19NO2/c1-6-9(2,3)8(11)12-7-10(4)5/h6-7H2,1-5H3. The molecule has 0 atom stereocenters. The van der Waals surface area contributed by atoms with Crippen LogP contribution in [-0.2, 0) is 9.53 Å². The Morgan fingerprint density at radius 2 is 1.92 bits per heavy atom. The topological polar surface area (TPSA) is 29.5 Å². The Morgan fingerprint density at radius 3 is 2.25 bits per heavy atom. The van der Waals surface area contributed by atoms with Crippen LogP contribution in [0.2, 0.25) is 0 Å². The Kier molecular flexibility index (Phi) is 4.24. The van der Waals surface area contributed by atoms with Crippen molar-refractivity contribution in [3.63, 3.8) is 0 Å². The van der Waals surface area contributed by atoms with E-state index in [1.807, 2.05) is 39.8 Å². The maximum atomic E-state index is 11.4. The quantitative estimate of drug-likeness (QED) is 0.476. The van der Waals surface area contributed by atoms with E-state index in [1.165, 1.54) is 0 Å². The first-order chi connectivity index (χ1) is 5.40. The average molecular weight is 173 g/mol. The zero-order valence-corrected chi connectivity index (χ0v) is 8.68. The number of esters is 1. The largest absolute Gasteiger partial charge is 0.449 e. The highest BCUT2D eigenvalue weighted by atomic mass is 16.5. The Bertz CT molecular complexity index is 153. The molecular weight excluding hydrogens is 154 g/mol. The van der Waals surface area contributed by atoms with E-state index in [1.54, 1.807) is 0 Å². The Morgan fingerprint density at radius 1 is 1.42 bits per heavy atom. The summed E-state index contributed by atoms with van der Waals surface area (Å²) in [5.74, 6) is -0.126. The van der Waals surface area contributed by atoms with E-state index in [2.05, 4.69) is 0 Å². The third-order valence-electron chi connectivity index (χ3n) is 1.89. The molecular formula is C9H19NO2. The molecule has 0 saturated carbocycles. The van der Waals surface area contributed by atoms with Crippen molar-refractivity contribution < 1.29 is 9.53 Å². The van der Waals surface area contributed by atoms with Crippen molar-refractivity contribution in [2.24, 2.45) is 5.41 Å². The van der Waals surface area contributed by atoms with Crippen molar-refractivity contribution in [1.82, 2.24) is 4.90 Å². The number of hydrogen-bond acceptors (Lipinski definition) is 3. The molecule has 0 radical (unpaired) electrons. The molecule has 0 aromatic rings. The summed E-state index contributed by atoms with van der Waals surface area (Å²) in [6.07, 6.45) is 0.805. The number of hydrogen-bond donors (Lipinski definition) is 0. The van der Waals surface area contributed by atoms with Crippen LogP contribution in [0.25, 0.3) is 0 Å². The van der Waals surface area contributed by atoms with E-state index >= 15 is 0 Å². The highest BCUT2D eigenvalue weighted by Gasteiger charge is 2.26. The molecule has 0 rings (SSSR count). The SMILES string of the molecule is CCC(C)(C)C(=O)OCN(C)C. The highest BCUT2D eigenvalue weighted by molar-refractivity contribution is 5.75. The predicted molar refractivity (Wildman–Crippen MR) is 48.7 cm³/mol. The van der Waals surface area contributed by atoms with Gasteiger partial charge in [-0.2, -0.15) is 0 Å². The van der Waals surface area contributed by atoms with Crippen LogP contribution < -0.4 is 0 Å². The molecule has 0 aliphatic carbocycles. The van der Waals surface area contributed by atoms with Gasteiger partial charge in [0.2, 0.25) is 0 Å². The smallest absolute Gasteiger partial charge is 0.312 e. The molecule has 0 aliphatic heterocycles. The maximum absolute atomic E-state index is 11.4. The summed E-state index contributed by atoms with van der Waals surface area (Å²) in [4.78, 5) is 13.2. The van der Waals surface area contributed by atoms with Gasteiger partial charge < -0.3 is 4.74 Å². The number of carbonyl (C=O) groups is 1. The molecule has 3 nitrogen and oxygen atoms in total. The number of rotatable bonds is 4. The van der Waals surface area contributed by atoms with E-state index in [9.17, 15) is 4.79 Å². The normalized spacial score (nSPS) is 11.8. The molecule has 0 N–H and O–H groups in total. The van der Waals surface area contributed by atoms with Gasteiger partial charge in [-0.25, -0.2) is 0 Å². The maximum Gasteiger partial charge on any atom is 0.312 e. The van der Waals surface area contributed by atoms with Gasteiger partial charge >= 0.3 is 5.97 Å². The van der Waals surface area contributed by atoms with Gasteiger partial charge in [-0.1, -0.05) is 6.92 Å². The fourth-order valence-electron chi connectivity index (χ4n) is 0.527. The van der Waals surface area contributed by atoms with Gasteiger partial charge in [-0.3, -0.25) is 9.69 Å². The summed E-state index contributed by atoms with van der Waals surface area (Å²) in [6.45, 7) is 6.13. The van der Waals surface area contributed by atoms with Gasteiger partial charge in [0.15, 0.2) is 0 Å². The summed E-state index contributed by atoms with van der Waals surface area (Å²) >= 11 is 0. The molecule has 0 aromatic carbocycles. The minimum atomic E-state index is -0.351. The fourth-order valence-corrected chi connectivity index (χ4v) is 0.527. The van der Waals surface area contributed by atoms with Crippen molar-refractivity contribution in [3.8, 4) is 0 Å². The van der Waals surface area contributed by atoms with E-state index in [-0.39, 0.29) is 11.4 Å². The molecule has 72 valence electrons. The van der Waals surface area contributed by atoms with Gasteiger partial charge in [-0.05, 0) is 34.4 Å². The molecule has 0 aliphatic rings. The van der Waals surface area contributed by atoms with Crippen LogP contribution in [0.1, 0.15) is 27.2 Å². The van der Waals surface area contributed by atoms with E-state index in [0.29, 0.717) is 6.73 Å². The third-order valence-corrected chi connectivity index (χ3v) is 1.89. The second-order valence-electron chi connectivity index (χ2n) is 3.88. The average Bonchev–Trinajstić information content (AvgIpc) is 2.00. The van der Waals surface area contributed by atoms with Gasteiger partial charge in [0.1, 0.15) is 6.73 Å². The number of ether oxygens (including phenoxy) is 1. The first-order valence-electron chi connectivity index (χ1n) is 4.22. The molecule has 0 saturated heterocycles. The Hall–Kier alpha value is -0.570. The molecule has 0 amide bonds. The van der Waals surface area contributed by atoms with Crippen LogP contribution in [0.3, 0.4) is 0 Å². The summed E-state index contributed by atoms with van der Waals surface area (Å²) < 4.78 is 5.05. The lowest BCUT2D eigenvalue weighted by Crippen LogP contribution is -2.29. The van der Waals surface area contributed by atoms with E-state index in [0.717, 1.165) is 6.42 Å². The monoisotopic (exact) mass is 173 g/mol. The number of nitrogens with zero attached hydrogens (tertiary/aromatic N) is 1. The third kappa shape index (κ3) is 3.72. The van der Waals surface area contributed by atoms with Crippen molar-refractivity contribution in [2.45, 2.75) is 27.2 Å². The Balaban J connectivity index is 3.88. The lowest BCUT2D eigenvalue weighted by atomic mass is 9.91. The lowest BCUT2D eigenvalue weighted by Gasteiger charge is -2.21. The van der Waals surface area contributed by atoms with Crippen molar-refractivity contribution >= 4 is 5.97 Å². The minimum absolute atomic E-state index is 0.126. The van der Waals surface area contributed by atoms with Crippen LogP contribution in [0.15, 0.2) is 0 Å². The van der Waals surface area contributed by atoms with Crippen LogP contribution in [0.4, 0.5) is 0 Å². The molecule has 0 spiro atoms. The molecule has 0 unspecified atom stereocenters. The van der Waals surface area contributed by atoms with E-state index < -0.39 is 0 Å². The van der Waals surface area contributed by atoms with Crippen LogP contribution in [-0.4, -0.2) is 31.7 Å². The van der Waals surface area contributed by atoms with Gasteiger partial charge in [0, 0.05) is 0 Å². The molecule has 0 heterocycles. The highest BCUT2D eigenvalue weighted by Crippen LogP contribution is 2.21. The second-order valence-corrected chi connectivity index (χ2v) is 3.88. The minimum Gasteiger partial charge on any atom is -0.449 e. The van der Waals surface area contributed by atoms with Crippen LogP contribution in [0, 0.1) is 5.41 Å². The molecule has 3 heteroatoms. The van der Waals surface area contributed by atoms with Gasteiger partial charge in [0.25, 0.3) is 0 Å². The van der Waals surface area contributed by atoms with Crippen molar-refractivity contribution in [2.75, 3.05) is 20.8 Å². The molecule has 0 fully saturated rings. The predicted octanol–water partition coefficient (Wildman–Crippen LogP) is 1.48. The second kappa shape index (κ2) is 4.45. The molecule has 0 bridgehead atoms. The lowest BCUT2D eigenvalue weighted by molar-refractivity contribution is -0.158. The molecule has 0 aromatic heterocycles. The van der Waals surface area contributed by atoms with Crippen molar-refractivity contribution in [3.05, 3.63) is 0 Å². The Labute approximate surface area is 74.7 Å². The summed E-state index contributed by atoms with van der Waals surface area (Å²) in [6, 6.07) is 0. The zero-order chi connectivity index (χ0) is 9.78. The van der Waals surface area contributed by atoms with Crippen molar-refractivity contribution in [1.29, 1.82) is 0 Å². The summed E-state index contributed by atoms with van der Waals surface area (Å²) in [5, 5.41) is 0. The molecule has 12 heavy (non-hydrogen) atoms. The fraction of sp³-hybridized carbons (Fsp3) is 0.889. The first-order valence-corrected chi connectivity index (χ1v) is 4.22. The van der Waals surface area contributed by atoms with Crippen LogP contribution >= 0.6 is 0 Å². The number of carbonyl (C=O) groups excluding carboxylic acids is 1. The van der Waals surface area contributed by atoms with Gasteiger partial charge in [-0.15, -0.1) is 0 Å². The summed E-state index contributed by atoms with van der Waals surface area (Å²) in [7, 11) is 3.73.